The van der Waals surface area contributed by atoms with Crippen molar-refractivity contribution in [3.63, 3.8) is 0 Å². The van der Waals surface area contributed by atoms with E-state index in [0.717, 1.165) is 31.7 Å². The maximum atomic E-state index is 12.5. The van der Waals surface area contributed by atoms with Gasteiger partial charge >= 0.3 is 0 Å². The van der Waals surface area contributed by atoms with Crippen molar-refractivity contribution in [2.24, 2.45) is 5.92 Å². The van der Waals surface area contributed by atoms with Crippen LogP contribution in [0.3, 0.4) is 0 Å². The van der Waals surface area contributed by atoms with Gasteiger partial charge in [0.15, 0.2) is 0 Å². The number of nitrogens with zero attached hydrogens (tertiary/aromatic N) is 1. The summed E-state index contributed by atoms with van der Waals surface area (Å²) in [5.74, 6) is 0.163. The largest absolute Gasteiger partial charge is 0.379 e. The van der Waals surface area contributed by atoms with Crippen LogP contribution in [0.5, 0.6) is 0 Å². The molecule has 0 bridgehead atoms. The number of carbonyl (C=O) groups excluding carboxylic acids is 1. The van der Waals surface area contributed by atoms with Crippen molar-refractivity contribution < 1.29 is 9.53 Å². The molecule has 1 unspecified atom stereocenters. The number of amides is 1. The van der Waals surface area contributed by atoms with E-state index in [1.54, 1.807) is 12.1 Å². The maximum absolute atomic E-state index is 12.5. The molecule has 0 radical (unpaired) electrons. The van der Waals surface area contributed by atoms with Crippen molar-refractivity contribution >= 4 is 16.7 Å². The fourth-order valence-electron chi connectivity index (χ4n) is 3.32. The van der Waals surface area contributed by atoms with Crippen molar-refractivity contribution in [1.82, 2.24) is 15.2 Å². The van der Waals surface area contributed by atoms with Crippen LogP contribution in [-0.4, -0.2) is 54.7 Å². The second-order valence-electron chi connectivity index (χ2n) is 6.77. The Labute approximate surface area is 147 Å². The first-order valence-corrected chi connectivity index (χ1v) is 8.78. The smallest absolute Gasteiger partial charge is 0.267 e. The van der Waals surface area contributed by atoms with Crippen LogP contribution in [0.1, 0.15) is 24.3 Å². The molecule has 1 aromatic heterocycles. The average molecular weight is 343 g/mol. The van der Waals surface area contributed by atoms with Gasteiger partial charge in [0.05, 0.1) is 13.2 Å². The first-order chi connectivity index (χ1) is 12.1. The summed E-state index contributed by atoms with van der Waals surface area (Å²) in [4.78, 5) is 29.7. The highest BCUT2D eigenvalue weighted by Crippen LogP contribution is 2.13. The second-order valence-corrected chi connectivity index (χ2v) is 6.77. The summed E-state index contributed by atoms with van der Waals surface area (Å²) < 4.78 is 5.41. The van der Waals surface area contributed by atoms with Crippen LogP contribution >= 0.6 is 0 Å². The van der Waals surface area contributed by atoms with Crippen molar-refractivity contribution in [2.45, 2.75) is 19.9 Å². The molecule has 0 aliphatic carbocycles. The molecule has 6 heteroatoms. The Bertz CT molecular complexity index is 794. The predicted molar refractivity (Wildman–Crippen MR) is 97.9 cm³/mol. The van der Waals surface area contributed by atoms with Gasteiger partial charge in [0.2, 0.25) is 0 Å². The van der Waals surface area contributed by atoms with Crippen molar-refractivity contribution in [3.8, 4) is 0 Å². The van der Waals surface area contributed by atoms with Gasteiger partial charge in [-0.25, -0.2) is 0 Å². The minimum absolute atomic E-state index is 0.239. The number of aromatic amines is 1. The summed E-state index contributed by atoms with van der Waals surface area (Å²) in [6.45, 7) is 8.08. The third kappa shape index (κ3) is 4.08. The number of H-pyrrole nitrogens is 1. The minimum atomic E-state index is -0.248. The van der Waals surface area contributed by atoms with E-state index in [1.807, 2.05) is 18.2 Å². The molecule has 1 amide bonds. The quantitative estimate of drug-likeness (QED) is 0.865. The topological polar surface area (TPSA) is 74.4 Å². The Morgan fingerprint density at radius 1 is 1.28 bits per heavy atom. The molecule has 25 heavy (non-hydrogen) atoms. The summed E-state index contributed by atoms with van der Waals surface area (Å²) in [6, 6.07) is 9.24. The highest BCUT2D eigenvalue weighted by Gasteiger charge is 2.24. The summed E-state index contributed by atoms with van der Waals surface area (Å²) in [6.07, 6.45) is 0. The lowest BCUT2D eigenvalue weighted by atomic mass is 10.0. The summed E-state index contributed by atoms with van der Waals surface area (Å²) in [5.41, 5.74) is 0.0602. The van der Waals surface area contributed by atoms with Gasteiger partial charge in [-0.15, -0.1) is 0 Å². The second kappa shape index (κ2) is 7.80. The molecule has 1 aromatic carbocycles. The van der Waals surface area contributed by atoms with E-state index in [9.17, 15) is 9.59 Å². The Hall–Kier alpha value is -2.18. The van der Waals surface area contributed by atoms with Crippen molar-refractivity contribution in [2.75, 3.05) is 32.8 Å². The third-order valence-electron chi connectivity index (χ3n) is 4.75. The molecule has 1 aliphatic heterocycles. The Balaban J connectivity index is 1.71. The standard InChI is InChI=1S/C19H25N3O3/c1-13(2)17(22-7-9-25-10-8-22)12-20-19(24)16-11-14-5-3-4-6-15(14)18(23)21-16/h3-6,11,13,17H,7-10,12H2,1-2H3,(H,20,24)(H,21,23). The Morgan fingerprint density at radius 2 is 2.00 bits per heavy atom. The minimum Gasteiger partial charge on any atom is -0.379 e. The summed E-state index contributed by atoms with van der Waals surface area (Å²) >= 11 is 0. The zero-order valence-corrected chi connectivity index (χ0v) is 14.7. The van der Waals surface area contributed by atoms with E-state index < -0.39 is 0 Å². The zero-order chi connectivity index (χ0) is 17.8. The molecular weight excluding hydrogens is 318 g/mol. The van der Waals surface area contributed by atoms with Gasteiger partial charge in [0.1, 0.15) is 5.69 Å². The number of benzene rings is 1. The number of ether oxygens (including phenoxy) is 1. The van der Waals surface area contributed by atoms with Gasteiger partial charge in [-0.1, -0.05) is 32.0 Å². The fourth-order valence-corrected chi connectivity index (χ4v) is 3.32. The van der Waals surface area contributed by atoms with Crippen LogP contribution in [0.25, 0.3) is 10.8 Å². The van der Waals surface area contributed by atoms with Crippen LogP contribution in [0.4, 0.5) is 0 Å². The van der Waals surface area contributed by atoms with Crippen LogP contribution in [0.15, 0.2) is 35.1 Å². The molecule has 1 aliphatic rings. The lowest BCUT2D eigenvalue weighted by Gasteiger charge is -2.36. The number of morpholine rings is 1. The van der Waals surface area contributed by atoms with E-state index in [4.69, 9.17) is 4.74 Å². The van der Waals surface area contributed by atoms with Gasteiger partial charge < -0.3 is 15.0 Å². The molecule has 0 saturated carbocycles. The van der Waals surface area contributed by atoms with Gasteiger partial charge in [-0.05, 0) is 23.4 Å². The molecular formula is C19H25N3O3. The molecule has 1 fully saturated rings. The predicted octanol–water partition coefficient (Wildman–Crippen LogP) is 1.61. The Morgan fingerprint density at radius 3 is 2.72 bits per heavy atom. The molecule has 3 rings (SSSR count). The molecule has 2 aromatic rings. The van der Waals surface area contributed by atoms with Crippen molar-refractivity contribution in [1.29, 1.82) is 0 Å². The summed E-state index contributed by atoms with van der Waals surface area (Å²) in [5, 5.41) is 4.34. The van der Waals surface area contributed by atoms with E-state index in [-0.39, 0.29) is 17.5 Å². The molecule has 1 saturated heterocycles. The zero-order valence-electron chi connectivity index (χ0n) is 14.7. The number of hydrogen-bond acceptors (Lipinski definition) is 4. The highest BCUT2D eigenvalue weighted by molar-refractivity contribution is 5.96. The van der Waals surface area contributed by atoms with Crippen LogP contribution in [-0.2, 0) is 4.74 Å². The maximum Gasteiger partial charge on any atom is 0.267 e. The average Bonchev–Trinajstić information content (AvgIpc) is 2.62. The van der Waals surface area contributed by atoms with E-state index in [1.165, 1.54) is 0 Å². The first kappa shape index (κ1) is 17.6. The number of hydrogen-bond donors (Lipinski definition) is 2. The monoisotopic (exact) mass is 343 g/mol. The normalized spacial score (nSPS) is 16.9. The molecule has 1 atom stereocenters. The molecule has 2 heterocycles. The lowest BCUT2D eigenvalue weighted by Crippen LogP contribution is -2.51. The van der Waals surface area contributed by atoms with Crippen LogP contribution < -0.4 is 10.9 Å². The van der Waals surface area contributed by atoms with Gasteiger partial charge in [0.25, 0.3) is 11.5 Å². The van der Waals surface area contributed by atoms with Gasteiger partial charge in [0, 0.05) is 31.1 Å². The summed E-state index contributed by atoms with van der Waals surface area (Å²) in [7, 11) is 0. The number of rotatable bonds is 5. The van der Waals surface area contributed by atoms with E-state index in [2.05, 4.69) is 29.0 Å². The van der Waals surface area contributed by atoms with Gasteiger partial charge in [-0.3, -0.25) is 14.5 Å². The first-order valence-electron chi connectivity index (χ1n) is 8.78. The highest BCUT2D eigenvalue weighted by atomic mass is 16.5. The molecule has 0 spiro atoms. The molecule has 134 valence electrons. The Kier molecular flexibility index (Phi) is 5.50. The number of aromatic nitrogens is 1. The van der Waals surface area contributed by atoms with Crippen LogP contribution in [0.2, 0.25) is 0 Å². The SMILES string of the molecule is CC(C)C(CNC(=O)c1cc2ccccc2c(=O)[nH]1)N1CCOCC1. The number of fused-ring (bicyclic) bond motifs is 1. The molecule has 6 nitrogen and oxygen atoms in total. The number of carbonyl (C=O) groups is 1. The number of pyridine rings is 1. The van der Waals surface area contributed by atoms with Crippen molar-refractivity contribution in [3.05, 3.63) is 46.4 Å². The fraction of sp³-hybridized carbons (Fsp3) is 0.474. The third-order valence-corrected chi connectivity index (χ3v) is 4.75. The molecule has 2 N–H and O–H groups in total. The van der Waals surface area contributed by atoms with E-state index >= 15 is 0 Å². The number of nitrogens with one attached hydrogen (secondary N) is 2. The van der Waals surface area contributed by atoms with Crippen LogP contribution in [0, 0.1) is 5.92 Å². The van der Waals surface area contributed by atoms with Gasteiger partial charge in [-0.2, -0.15) is 0 Å². The van der Waals surface area contributed by atoms with E-state index in [0.29, 0.717) is 23.5 Å². The lowest BCUT2D eigenvalue weighted by molar-refractivity contribution is 0.00671.